The molecular formula is C21H35F2N3O8S. The molecule has 4 unspecified atom stereocenters. The van der Waals surface area contributed by atoms with Crippen molar-refractivity contribution in [3.05, 3.63) is 0 Å². The highest BCUT2D eigenvalue weighted by atomic mass is 32.2. The average molecular weight is 528 g/mol. The molecule has 202 valence electrons. The summed E-state index contributed by atoms with van der Waals surface area (Å²) in [6.07, 6.45) is -0.838. The third-order valence-corrected chi connectivity index (χ3v) is 7.22. The van der Waals surface area contributed by atoms with Crippen molar-refractivity contribution in [3.63, 3.8) is 0 Å². The van der Waals surface area contributed by atoms with Crippen molar-refractivity contribution in [2.45, 2.75) is 82.2 Å². The van der Waals surface area contributed by atoms with E-state index in [2.05, 4.69) is 16.0 Å². The van der Waals surface area contributed by atoms with E-state index in [1.807, 2.05) is 0 Å². The molecule has 2 rings (SSSR count). The Morgan fingerprint density at radius 3 is 2.34 bits per heavy atom. The number of hydrogen-bond donors (Lipinski definition) is 5. The number of aliphatic hydroxyl groups excluding tert-OH is 1. The van der Waals surface area contributed by atoms with Crippen LogP contribution in [0.15, 0.2) is 0 Å². The molecule has 35 heavy (non-hydrogen) atoms. The minimum absolute atomic E-state index is 0.0845. The van der Waals surface area contributed by atoms with Gasteiger partial charge in [0.05, 0.1) is 12.6 Å². The molecule has 0 radical (unpaired) electrons. The van der Waals surface area contributed by atoms with Gasteiger partial charge in [-0.3, -0.25) is 14.1 Å². The quantitative estimate of drug-likeness (QED) is 0.249. The number of aliphatic hydroxyl groups is 1. The number of carbonyl (C=O) groups is 3. The average Bonchev–Trinajstić information content (AvgIpc) is 3.14. The Hall–Kier alpha value is -2.06. The molecular weight excluding hydrogens is 492 g/mol. The zero-order chi connectivity index (χ0) is 26.4. The van der Waals surface area contributed by atoms with E-state index in [9.17, 15) is 41.2 Å². The fourth-order valence-corrected chi connectivity index (χ4v) is 4.86. The molecule has 1 heterocycles. The van der Waals surface area contributed by atoms with Crippen molar-refractivity contribution in [3.8, 4) is 0 Å². The Bertz CT molecular complexity index is 861. The van der Waals surface area contributed by atoms with Crippen molar-refractivity contribution in [1.82, 2.24) is 16.0 Å². The molecule has 0 spiro atoms. The van der Waals surface area contributed by atoms with E-state index in [1.54, 1.807) is 13.8 Å². The normalized spacial score (nSPS) is 23.3. The first-order chi connectivity index (χ1) is 16.2. The van der Waals surface area contributed by atoms with Crippen LogP contribution in [0.25, 0.3) is 0 Å². The molecule has 3 amide bonds. The predicted molar refractivity (Wildman–Crippen MR) is 120 cm³/mol. The lowest BCUT2D eigenvalue weighted by molar-refractivity contribution is -0.126. The molecule has 0 aromatic carbocycles. The van der Waals surface area contributed by atoms with Gasteiger partial charge < -0.3 is 25.8 Å². The summed E-state index contributed by atoms with van der Waals surface area (Å²) in [5.41, 5.74) is -2.38. The second-order valence-electron chi connectivity index (χ2n) is 9.76. The fourth-order valence-electron chi connectivity index (χ4n) is 4.26. The van der Waals surface area contributed by atoms with Crippen molar-refractivity contribution in [2.24, 2.45) is 17.8 Å². The number of ether oxygens (including phenoxy) is 1. The molecule has 11 nitrogen and oxygen atoms in total. The first-order valence-corrected chi connectivity index (χ1v) is 13.2. The van der Waals surface area contributed by atoms with E-state index >= 15 is 0 Å². The molecule has 2 fully saturated rings. The van der Waals surface area contributed by atoms with E-state index in [-0.39, 0.29) is 62.9 Å². The Morgan fingerprint density at radius 2 is 1.83 bits per heavy atom. The van der Waals surface area contributed by atoms with Gasteiger partial charge in [0.2, 0.25) is 23.2 Å². The third-order valence-electron chi connectivity index (χ3n) is 6.28. The van der Waals surface area contributed by atoms with Crippen LogP contribution in [0.2, 0.25) is 0 Å². The second-order valence-corrected chi connectivity index (χ2v) is 11.3. The molecule has 0 aromatic rings. The van der Waals surface area contributed by atoms with E-state index < -0.39 is 51.5 Å². The van der Waals surface area contributed by atoms with Crippen LogP contribution in [0.5, 0.6) is 0 Å². The van der Waals surface area contributed by atoms with E-state index in [0.717, 1.165) is 0 Å². The Balaban J connectivity index is 2.01. The number of alkyl carbamates (subject to hydrolysis) is 1. The van der Waals surface area contributed by atoms with Gasteiger partial charge in [-0.2, -0.15) is 8.42 Å². The summed E-state index contributed by atoms with van der Waals surface area (Å²) in [5, 5.41) is 17.4. The van der Waals surface area contributed by atoms with Crippen molar-refractivity contribution < 1.29 is 46.0 Å². The van der Waals surface area contributed by atoms with Crippen LogP contribution in [0, 0.1) is 17.8 Å². The molecule has 1 aliphatic heterocycles. The lowest BCUT2D eigenvalue weighted by atomic mass is 9.87. The number of nitrogens with one attached hydrogen (secondary N) is 3. The summed E-state index contributed by atoms with van der Waals surface area (Å²) in [5.74, 6) is -4.89. The lowest BCUT2D eigenvalue weighted by Gasteiger charge is -2.29. The number of carbonyl (C=O) groups excluding carboxylic acids is 3. The van der Waals surface area contributed by atoms with Crippen molar-refractivity contribution in [1.29, 1.82) is 0 Å². The number of hydrogen-bond acceptors (Lipinski definition) is 7. The van der Waals surface area contributed by atoms with E-state index in [4.69, 9.17) is 4.74 Å². The van der Waals surface area contributed by atoms with E-state index in [1.165, 1.54) is 0 Å². The van der Waals surface area contributed by atoms with Gasteiger partial charge in [0, 0.05) is 25.3 Å². The molecule has 14 heteroatoms. The van der Waals surface area contributed by atoms with Crippen LogP contribution in [0.3, 0.4) is 0 Å². The summed E-state index contributed by atoms with van der Waals surface area (Å²) in [6.45, 7) is 3.83. The monoisotopic (exact) mass is 527 g/mol. The Labute approximate surface area is 203 Å². The summed E-state index contributed by atoms with van der Waals surface area (Å²) >= 11 is 0. The number of rotatable bonds is 11. The van der Waals surface area contributed by atoms with Gasteiger partial charge in [0.1, 0.15) is 6.04 Å². The fraction of sp³-hybridized carbons (Fsp3) is 0.857. The maximum atomic E-state index is 13.3. The minimum atomic E-state index is -4.96. The topological polar surface area (TPSA) is 171 Å². The lowest BCUT2D eigenvalue weighted by Crippen LogP contribution is -2.55. The van der Waals surface area contributed by atoms with Crippen LogP contribution >= 0.6 is 0 Å². The summed E-state index contributed by atoms with van der Waals surface area (Å²) in [7, 11) is -4.96. The third kappa shape index (κ3) is 9.49. The predicted octanol–water partition coefficient (Wildman–Crippen LogP) is 1.17. The van der Waals surface area contributed by atoms with Crippen LogP contribution < -0.4 is 16.0 Å². The largest absolute Gasteiger partial charge is 0.449 e. The van der Waals surface area contributed by atoms with Gasteiger partial charge in [-0.15, -0.1) is 0 Å². The van der Waals surface area contributed by atoms with Crippen LogP contribution in [-0.2, 0) is 24.4 Å². The summed E-state index contributed by atoms with van der Waals surface area (Å²) < 4.78 is 64.1. The van der Waals surface area contributed by atoms with Gasteiger partial charge in [-0.1, -0.05) is 13.8 Å². The highest BCUT2D eigenvalue weighted by Gasteiger charge is 2.38. The summed E-state index contributed by atoms with van der Waals surface area (Å²) in [6, 6.07) is -2.69. The highest BCUT2D eigenvalue weighted by Crippen LogP contribution is 2.36. The zero-order valence-electron chi connectivity index (χ0n) is 19.8. The SMILES string of the molecule is CC(C)CC(NC(=O)OCC1CCC(F)(F)CC1)C(=O)NC(CC1CCNC1=O)C(O)S(=O)(=O)O. The minimum Gasteiger partial charge on any atom is -0.449 e. The Morgan fingerprint density at radius 1 is 1.20 bits per heavy atom. The maximum absolute atomic E-state index is 13.3. The molecule has 1 saturated carbocycles. The molecule has 2 aliphatic rings. The maximum Gasteiger partial charge on any atom is 0.407 e. The Kier molecular flexibility index (Phi) is 10.2. The molecule has 0 aromatic heterocycles. The summed E-state index contributed by atoms with van der Waals surface area (Å²) in [4.78, 5) is 37.1. The number of amides is 3. The molecule has 1 saturated heterocycles. The van der Waals surface area contributed by atoms with Crippen LogP contribution in [-0.4, -0.2) is 72.6 Å². The highest BCUT2D eigenvalue weighted by molar-refractivity contribution is 7.86. The second kappa shape index (κ2) is 12.3. The molecule has 0 bridgehead atoms. The van der Waals surface area contributed by atoms with Crippen LogP contribution in [0.4, 0.5) is 13.6 Å². The first kappa shape index (κ1) is 29.2. The van der Waals surface area contributed by atoms with Gasteiger partial charge in [-0.25, -0.2) is 13.6 Å². The van der Waals surface area contributed by atoms with Gasteiger partial charge >= 0.3 is 6.09 Å². The molecule has 1 aliphatic carbocycles. The van der Waals surface area contributed by atoms with Crippen molar-refractivity contribution >= 4 is 28.0 Å². The zero-order valence-corrected chi connectivity index (χ0v) is 20.7. The first-order valence-electron chi connectivity index (χ1n) is 11.7. The number of alkyl halides is 2. The standard InChI is InChI=1S/C21H35F2N3O8S/c1-12(2)9-15(26-20(30)34-11-13-3-6-21(22,23)7-4-13)18(28)25-16(19(29)35(31,32)33)10-14-5-8-24-17(14)27/h12-16,19,29H,3-11H2,1-2H3,(H,24,27)(H,25,28)(H,26,30)(H,31,32,33). The van der Waals surface area contributed by atoms with Crippen molar-refractivity contribution in [2.75, 3.05) is 13.2 Å². The van der Waals surface area contributed by atoms with E-state index in [0.29, 0.717) is 13.0 Å². The molecule has 5 N–H and O–H groups in total. The molecule has 4 atom stereocenters. The van der Waals surface area contributed by atoms with Gasteiger partial charge in [-0.05, 0) is 43.9 Å². The smallest absolute Gasteiger partial charge is 0.407 e. The van der Waals surface area contributed by atoms with Gasteiger partial charge in [0.15, 0.2) is 0 Å². The number of halogens is 2. The van der Waals surface area contributed by atoms with Gasteiger partial charge in [0.25, 0.3) is 10.1 Å². The van der Waals surface area contributed by atoms with Crippen LogP contribution in [0.1, 0.15) is 58.8 Å².